The molecule has 4 heteroatoms. The first kappa shape index (κ1) is 8.97. The highest BCUT2D eigenvalue weighted by molar-refractivity contribution is 5.79. The van der Waals surface area contributed by atoms with Crippen molar-refractivity contribution in [3.63, 3.8) is 0 Å². The number of carbonyl (C=O) groups is 1. The summed E-state index contributed by atoms with van der Waals surface area (Å²) in [5, 5.41) is 12.4. The Balaban J connectivity index is 1.95. The summed E-state index contributed by atoms with van der Waals surface area (Å²) >= 11 is 0. The van der Waals surface area contributed by atoms with Crippen LogP contribution in [-0.4, -0.2) is 47.7 Å². The van der Waals surface area contributed by atoms with Gasteiger partial charge >= 0.3 is 0 Å². The zero-order chi connectivity index (χ0) is 9.26. The second-order valence-electron chi connectivity index (χ2n) is 3.88. The highest BCUT2D eigenvalue weighted by Crippen LogP contribution is 2.24. The van der Waals surface area contributed by atoms with Crippen LogP contribution in [0.15, 0.2) is 0 Å². The van der Waals surface area contributed by atoms with E-state index in [1.54, 1.807) is 0 Å². The van der Waals surface area contributed by atoms with Gasteiger partial charge in [0.15, 0.2) is 0 Å². The van der Waals surface area contributed by atoms with Gasteiger partial charge in [0.05, 0.1) is 12.6 Å². The van der Waals surface area contributed by atoms with Crippen molar-refractivity contribution in [3.8, 4) is 0 Å². The minimum Gasteiger partial charge on any atom is -0.393 e. The molecule has 0 aromatic carbocycles. The fourth-order valence-electron chi connectivity index (χ4n) is 2.22. The third-order valence-electron chi connectivity index (χ3n) is 2.94. The summed E-state index contributed by atoms with van der Waals surface area (Å²) in [7, 11) is 0. The van der Waals surface area contributed by atoms with Crippen molar-refractivity contribution >= 4 is 5.91 Å². The number of nitrogens with one attached hydrogen (secondary N) is 1. The third-order valence-corrected chi connectivity index (χ3v) is 2.94. The largest absolute Gasteiger partial charge is 0.393 e. The lowest BCUT2D eigenvalue weighted by molar-refractivity contribution is -0.134. The molecule has 0 radical (unpaired) electrons. The highest BCUT2D eigenvalue weighted by atomic mass is 16.3. The maximum atomic E-state index is 11.5. The molecule has 2 unspecified atom stereocenters. The molecule has 1 aliphatic heterocycles. The van der Waals surface area contributed by atoms with E-state index in [9.17, 15) is 9.90 Å². The number of aliphatic hydroxyl groups is 1. The fraction of sp³-hybridized carbons (Fsp3) is 0.889. The number of hydrogen-bond donors (Lipinski definition) is 2. The van der Waals surface area contributed by atoms with Gasteiger partial charge in [-0.05, 0) is 19.3 Å². The number of aliphatic hydroxyl groups excluding tert-OH is 1. The second-order valence-corrected chi connectivity index (χ2v) is 3.88. The van der Waals surface area contributed by atoms with Crippen LogP contribution < -0.4 is 5.32 Å². The minimum atomic E-state index is -0.187. The normalized spacial score (nSPS) is 35.5. The Morgan fingerprint density at radius 1 is 1.46 bits per heavy atom. The lowest BCUT2D eigenvalue weighted by Crippen LogP contribution is -2.51. The van der Waals surface area contributed by atoms with Crippen LogP contribution in [0.4, 0.5) is 0 Å². The molecule has 1 aliphatic carbocycles. The molecule has 0 aromatic rings. The van der Waals surface area contributed by atoms with Crippen LogP contribution in [0.3, 0.4) is 0 Å². The van der Waals surface area contributed by atoms with Gasteiger partial charge in [-0.2, -0.15) is 0 Å². The monoisotopic (exact) mass is 184 g/mol. The van der Waals surface area contributed by atoms with Crippen LogP contribution in [0.1, 0.15) is 19.3 Å². The molecule has 2 atom stereocenters. The van der Waals surface area contributed by atoms with Crippen LogP contribution in [0.5, 0.6) is 0 Å². The van der Waals surface area contributed by atoms with Gasteiger partial charge in [-0.1, -0.05) is 0 Å². The number of carbonyl (C=O) groups excluding carboxylic acids is 1. The zero-order valence-corrected chi connectivity index (χ0v) is 7.70. The summed E-state index contributed by atoms with van der Waals surface area (Å²) in [5.74, 6) is 0.186. The van der Waals surface area contributed by atoms with E-state index in [1.165, 1.54) is 0 Å². The lowest BCUT2D eigenvalue weighted by Gasteiger charge is -2.32. The molecule has 13 heavy (non-hydrogen) atoms. The number of amides is 1. The quantitative estimate of drug-likeness (QED) is 0.568. The summed E-state index contributed by atoms with van der Waals surface area (Å²) in [6.45, 7) is 2.15. The SMILES string of the molecule is O=C1CNCCN1C1CCC(O)C1. The number of hydrogen-bond acceptors (Lipinski definition) is 3. The Hall–Kier alpha value is -0.610. The maximum absolute atomic E-state index is 11.5. The molecule has 0 spiro atoms. The van der Waals surface area contributed by atoms with Crippen molar-refractivity contribution in [1.29, 1.82) is 0 Å². The van der Waals surface area contributed by atoms with Crippen molar-refractivity contribution in [2.45, 2.75) is 31.4 Å². The summed E-state index contributed by atoms with van der Waals surface area (Å²) in [4.78, 5) is 13.4. The van der Waals surface area contributed by atoms with E-state index in [-0.39, 0.29) is 12.0 Å². The molecular formula is C9H16N2O2. The van der Waals surface area contributed by atoms with E-state index in [0.29, 0.717) is 12.6 Å². The molecule has 0 aromatic heterocycles. The molecule has 1 saturated carbocycles. The van der Waals surface area contributed by atoms with E-state index >= 15 is 0 Å². The average Bonchev–Trinajstić information content (AvgIpc) is 2.53. The number of piperazine rings is 1. The Morgan fingerprint density at radius 3 is 2.92 bits per heavy atom. The molecule has 1 saturated heterocycles. The molecule has 1 heterocycles. The third kappa shape index (κ3) is 1.84. The van der Waals surface area contributed by atoms with Crippen LogP contribution in [-0.2, 0) is 4.79 Å². The van der Waals surface area contributed by atoms with Crippen LogP contribution in [0, 0.1) is 0 Å². The lowest BCUT2D eigenvalue weighted by atomic mass is 10.2. The smallest absolute Gasteiger partial charge is 0.236 e. The van der Waals surface area contributed by atoms with Gasteiger partial charge in [-0.25, -0.2) is 0 Å². The minimum absolute atomic E-state index is 0.186. The summed E-state index contributed by atoms with van der Waals surface area (Å²) in [6.07, 6.45) is 2.40. The fourth-order valence-corrected chi connectivity index (χ4v) is 2.22. The van der Waals surface area contributed by atoms with E-state index in [4.69, 9.17) is 0 Å². The summed E-state index contributed by atoms with van der Waals surface area (Å²) in [5.41, 5.74) is 0. The second kappa shape index (κ2) is 3.64. The van der Waals surface area contributed by atoms with Crippen molar-refractivity contribution < 1.29 is 9.90 Å². The van der Waals surface area contributed by atoms with Gasteiger partial charge in [0.25, 0.3) is 0 Å². The highest BCUT2D eigenvalue weighted by Gasteiger charge is 2.31. The van der Waals surface area contributed by atoms with E-state index in [1.807, 2.05) is 4.90 Å². The molecule has 1 amide bonds. The van der Waals surface area contributed by atoms with Crippen molar-refractivity contribution in [2.24, 2.45) is 0 Å². The first-order valence-electron chi connectivity index (χ1n) is 4.95. The van der Waals surface area contributed by atoms with Crippen molar-refractivity contribution in [1.82, 2.24) is 10.2 Å². The molecule has 0 bridgehead atoms. The van der Waals surface area contributed by atoms with E-state index < -0.39 is 0 Å². The van der Waals surface area contributed by atoms with Crippen molar-refractivity contribution in [2.75, 3.05) is 19.6 Å². The summed E-state index contributed by atoms with van der Waals surface area (Å²) < 4.78 is 0. The van der Waals surface area contributed by atoms with Gasteiger partial charge in [-0.3, -0.25) is 4.79 Å². The van der Waals surface area contributed by atoms with Gasteiger partial charge in [0.2, 0.25) is 5.91 Å². The standard InChI is InChI=1S/C9H16N2O2/c12-8-2-1-7(5-8)11-4-3-10-6-9(11)13/h7-8,10,12H,1-6H2. The van der Waals surface area contributed by atoms with Crippen LogP contribution in [0.25, 0.3) is 0 Å². The molecule has 74 valence electrons. The molecule has 2 rings (SSSR count). The molecule has 2 aliphatic rings. The van der Waals surface area contributed by atoms with Crippen LogP contribution >= 0.6 is 0 Å². The van der Waals surface area contributed by atoms with Crippen molar-refractivity contribution in [3.05, 3.63) is 0 Å². The number of rotatable bonds is 1. The number of nitrogens with zero attached hydrogens (tertiary/aromatic N) is 1. The van der Waals surface area contributed by atoms with Gasteiger partial charge in [0.1, 0.15) is 0 Å². The Morgan fingerprint density at radius 2 is 2.31 bits per heavy atom. The topological polar surface area (TPSA) is 52.6 Å². The zero-order valence-electron chi connectivity index (χ0n) is 7.70. The first-order chi connectivity index (χ1) is 6.27. The first-order valence-corrected chi connectivity index (χ1v) is 4.95. The van der Waals surface area contributed by atoms with E-state index in [0.717, 1.165) is 32.4 Å². The predicted octanol–water partition coefficient (Wildman–Crippen LogP) is -0.668. The molecular weight excluding hydrogens is 168 g/mol. The predicted molar refractivity (Wildman–Crippen MR) is 48.2 cm³/mol. The van der Waals surface area contributed by atoms with Crippen LogP contribution in [0.2, 0.25) is 0 Å². The van der Waals surface area contributed by atoms with Gasteiger partial charge in [0, 0.05) is 19.1 Å². The Kier molecular flexibility index (Phi) is 2.51. The van der Waals surface area contributed by atoms with Gasteiger partial charge in [-0.15, -0.1) is 0 Å². The summed E-state index contributed by atoms with van der Waals surface area (Å²) in [6, 6.07) is 0.296. The Bertz CT molecular complexity index is 208. The maximum Gasteiger partial charge on any atom is 0.236 e. The van der Waals surface area contributed by atoms with Gasteiger partial charge < -0.3 is 15.3 Å². The molecule has 4 nitrogen and oxygen atoms in total. The molecule has 2 fully saturated rings. The average molecular weight is 184 g/mol. The van der Waals surface area contributed by atoms with E-state index in [2.05, 4.69) is 5.32 Å². The molecule has 2 N–H and O–H groups in total. The Labute approximate surface area is 77.9 Å².